The number of anilines is 1. The Kier molecular flexibility index (Phi) is 8.90. The molecule has 166 valence electrons. The van der Waals surface area contributed by atoms with Crippen molar-refractivity contribution in [3.63, 3.8) is 0 Å². The molecule has 1 aromatic heterocycles. The summed E-state index contributed by atoms with van der Waals surface area (Å²) < 4.78 is 0. The van der Waals surface area contributed by atoms with Gasteiger partial charge >= 0.3 is 0 Å². The second-order valence-corrected chi connectivity index (χ2v) is 8.82. The topological polar surface area (TPSA) is 84.0 Å². The summed E-state index contributed by atoms with van der Waals surface area (Å²) >= 11 is 13.6. The van der Waals surface area contributed by atoms with Crippen LogP contribution in [0.25, 0.3) is 0 Å². The first-order valence-corrected chi connectivity index (χ1v) is 11.8. The number of rotatable bonds is 9. The van der Waals surface area contributed by atoms with Gasteiger partial charge in [-0.05, 0) is 30.2 Å². The van der Waals surface area contributed by atoms with Crippen molar-refractivity contribution in [1.82, 2.24) is 15.3 Å². The predicted molar refractivity (Wildman–Crippen MR) is 130 cm³/mol. The number of amides is 2. The molecule has 0 radical (unpaired) electrons. The molecule has 1 heterocycles. The highest BCUT2D eigenvalue weighted by Crippen LogP contribution is 2.20. The van der Waals surface area contributed by atoms with E-state index in [-0.39, 0.29) is 16.6 Å². The van der Waals surface area contributed by atoms with Crippen molar-refractivity contribution in [1.29, 1.82) is 0 Å². The van der Waals surface area contributed by atoms with Crippen LogP contribution in [0, 0.1) is 0 Å². The molecule has 1 atom stereocenters. The van der Waals surface area contributed by atoms with Crippen LogP contribution in [0.3, 0.4) is 0 Å². The van der Waals surface area contributed by atoms with Crippen LogP contribution < -0.4 is 10.6 Å². The summed E-state index contributed by atoms with van der Waals surface area (Å²) in [5.74, 6) is -0.102. The minimum Gasteiger partial charge on any atom is -0.338 e. The number of carbonyl (C=O) groups is 2. The van der Waals surface area contributed by atoms with Gasteiger partial charge in [0.2, 0.25) is 5.91 Å². The number of carbonyl (C=O) groups excluding carboxylic acids is 2. The first-order valence-electron chi connectivity index (χ1n) is 10.0. The van der Waals surface area contributed by atoms with Gasteiger partial charge in [0.05, 0.1) is 11.2 Å². The van der Waals surface area contributed by atoms with Crippen LogP contribution >= 0.6 is 35.0 Å². The Hall–Kier alpha value is -2.61. The van der Waals surface area contributed by atoms with Crippen molar-refractivity contribution in [3.05, 3.63) is 82.1 Å². The molecule has 3 rings (SSSR count). The summed E-state index contributed by atoms with van der Waals surface area (Å²) in [6.07, 6.45) is 2.64. The van der Waals surface area contributed by atoms with Crippen LogP contribution in [0.15, 0.2) is 66.0 Å². The van der Waals surface area contributed by atoms with Crippen LogP contribution in [0.5, 0.6) is 0 Å². The summed E-state index contributed by atoms with van der Waals surface area (Å²) in [6.45, 7) is 2.04. The molecule has 0 unspecified atom stereocenters. The molecule has 2 amide bonds. The van der Waals surface area contributed by atoms with Gasteiger partial charge in [0, 0.05) is 22.9 Å². The van der Waals surface area contributed by atoms with Crippen molar-refractivity contribution in [2.24, 2.45) is 0 Å². The zero-order valence-electron chi connectivity index (χ0n) is 17.3. The van der Waals surface area contributed by atoms with Gasteiger partial charge in [0.1, 0.15) is 6.04 Å². The van der Waals surface area contributed by atoms with E-state index in [1.54, 1.807) is 24.3 Å². The fourth-order valence-corrected chi connectivity index (χ4v) is 3.89. The fourth-order valence-electron chi connectivity index (χ4n) is 2.85. The molecule has 0 spiro atoms. The monoisotopic (exact) mass is 488 g/mol. The number of aromatic nitrogens is 2. The maximum absolute atomic E-state index is 13.0. The molecule has 0 aliphatic rings. The van der Waals surface area contributed by atoms with E-state index in [1.165, 1.54) is 18.0 Å². The predicted octanol–water partition coefficient (Wildman–Crippen LogP) is 5.27. The summed E-state index contributed by atoms with van der Waals surface area (Å²) in [4.78, 5) is 34.5. The molecule has 0 aliphatic heterocycles. The maximum atomic E-state index is 13.0. The molecule has 0 saturated heterocycles. The van der Waals surface area contributed by atoms with E-state index in [0.717, 1.165) is 17.7 Å². The zero-order valence-corrected chi connectivity index (χ0v) is 19.7. The third kappa shape index (κ3) is 6.95. The van der Waals surface area contributed by atoms with Gasteiger partial charge < -0.3 is 10.6 Å². The molecule has 3 aromatic rings. The molecule has 0 fully saturated rings. The Morgan fingerprint density at radius 2 is 1.88 bits per heavy atom. The van der Waals surface area contributed by atoms with Gasteiger partial charge in [-0.25, -0.2) is 9.97 Å². The Bertz CT molecular complexity index is 1080. The Balaban J connectivity index is 1.81. The van der Waals surface area contributed by atoms with E-state index in [2.05, 4.69) is 20.6 Å². The van der Waals surface area contributed by atoms with E-state index in [4.69, 9.17) is 23.2 Å². The molecule has 0 aliphatic carbocycles. The smallest absolute Gasteiger partial charge is 0.272 e. The molecular weight excluding hydrogens is 467 g/mol. The lowest BCUT2D eigenvalue weighted by Crippen LogP contribution is -2.45. The van der Waals surface area contributed by atoms with E-state index >= 15 is 0 Å². The lowest BCUT2D eigenvalue weighted by Gasteiger charge is -2.19. The quantitative estimate of drug-likeness (QED) is 0.316. The number of nitrogens with one attached hydrogen (secondary N) is 2. The third-order valence-electron chi connectivity index (χ3n) is 4.37. The molecule has 0 bridgehead atoms. The third-order valence-corrected chi connectivity index (χ3v) is 5.95. The van der Waals surface area contributed by atoms with Gasteiger partial charge in [-0.1, -0.05) is 78.3 Å². The van der Waals surface area contributed by atoms with Crippen LogP contribution in [-0.4, -0.2) is 33.6 Å². The number of hydrogen-bond donors (Lipinski definition) is 2. The van der Waals surface area contributed by atoms with Crippen LogP contribution in [0.1, 0.15) is 29.4 Å². The summed E-state index contributed by atoms with van der Waals surface area (Å²) in [5.41, 5.74) is 1.47. The SMILES string of the molecule is CCCSc1ncc(Cl)c(C(=O)N[C@H](Cc2ccccc2)C(=O)Nc2cccc(Cl)c2)n1. The maximum Gasteiger partial charge on any atom is 0.272 e. The van der Waals surface area contributed by atoms with E-state index in [9.17, 15) is 9.59 Å². The largest absolute Gasteiger partial charge is 0.338 e. The molecule has 2 aromatic carbocycles. The molecule has 32 heavy (non-hydrogen) atoms. The first-order chi connectivity index (χ1) is 15.5. The summed E-state index contributed by atoms with van der Waals surface area (Å²) in [7, 11) is 0. The second-order valence-electron chi connectivity index (χ2n) is 6.91. The van der Waals surface area contributed by atoms with Crippen molar-refractivity contribution in [2.45, 2.75) is 31.0 Å². The molecule has 0 saturated carbocycles. The minimum atomic E-state index is -0.860. The highest BCUT2D eigenvalue weighted by atomic mass is 35.5. The normalized spacial score (nSPS) is 11.6. The summed E-state index contributed by atoms with van der Waals surface area (Å²) in [6, 6.07) is 15.4. The van der Waals surface area contributed by atoms with Crippen molar-refractivity contribution in [3.8, 4) is 0 Å². The van der Waals surface area contributed by atoms with Gasteiger partial charge in [-0.2, -0.15) is 0 Å². The van der Waals surface area contributed by atoms with Crippen LogP contribution in [0.4, 0.5) is 5.69 Å². The minimum absolute atomic E-state index is 0.0360. The van der Waals surface area contributed by atoms with Gasteiger partial charge in [-0.3, -0.25) is 9.59 Å². The van der Waals surface area contributed by atoms with Crippen LogP contribution in [0.2, 0.25) is 10.0 Å². The van der Waals surface area contributed by atoms with E-state index in [0.29, 0.717) is 22.3 Å². The van der Waals surface area contributed by atoms with Crippen molar-refractivity contribution < 1.29 is 9.59 Å². The summed E-state index contributed by atoms with van der Waals surface area (Å²) in [5, 5.41) is 6.66. The Morgan fingerprint density at radius 1 is 1.09 bits per heavy atom. The zero-order chi connectivity index (χ0) is 22.9. The Labute approximate surface area is 201 Å². The van der Waals surface area contributed by atoms with Gasteiger partial charge in [0.25, 0.3) is 5.91 Å². The number of thioether (sulfide) groups is 1. The van der Waals surface area contributed by atoms with Crippen LogP contribution in [-0.2, 0) is 11.2 Å². The van der Waals surface area contributed by atoms with Crippen molar-refractivity contribution in [2.75, 3.05) is 11.1 Å². The van der Waals surface area contributed by atoms with Crippen molar-refractivity contribution >= 4 is 52.5 Å². The van der Waals surface area contributed by atoms with E-state index < -0.39 is 11.9 Å². The number of benzene rings is 2. The second kappa shape index (κ2) is 11.9. The lowest BCUT2D eigenvalue weighted by atomic mass is 10.0. The Morgan fingerprint density at radius 3 is 2.59 bits per heavy atom. The average molecular weight is 489 g/mol. The van der Waals surface area contributed by atoms with E-state index in [1.807, 2.05) is 37.3 Å². The number of nitrogens with zero attached hydrogens (tertiary/aromatic N) is 2. The fraction of sp³-hybridized carbons (Fsp3) is 0.217. The lowest BCUT2D eigenvalue weighted by molar-refractivity contribution is -0.118. The average Bonchev–Trinajstić information content (AvgIpc) is 2.78. The van der Waals surface area contributed by atoms with Gasteiger partial charge in [0.15, 0.2) is 10.9 Å². The highest BCUT2D eigenvalue weighted by molar-refractivity contribution is 7.99. The standard InChI is InChI=1S/C23H22Cl2N4O2S/c1-2-11-32-23-26-14-18(25)20(29-23)22(31)28-19(12-15-7-4-3-5-8-15)21(30)27-17-10-6-9-16(24)13-17/h3-10,13-14,19H,2,11-12H2,1H3,(H,27,30)(H,28,31)/t19-/m1/s1. The molecule has 9 heteroatoms. The number of halogens is 2. The van der Waals surface area contributed by atoms with Gasteiger partial charge in [-0.15, -0.1) is 0 Å². The highest BCUT2D eigenvalue weighted by Gasteiger charge is 2.24. The first kappa shape index (κ1) is 24.0. The molecular formula is C23H22Cl2N4O2S. The molecule has 6 nitrogen and oxygen atoms in total. The number of hydrogen-bond acceptors (Lipinski definition) is 5. The molecule has 2 N–H and O–H groups in total.